The number of H-pyrrole nitrogens is 1. The molecule has 0 spiro atoms. The maximum Gasteiger partial charge on any atom is 0.254 e. The number of amides is 1. The number of aryl methyl sites for hydroxylation is 1. The zero-order chi connectivity index (χ0) is 17.2. The quantitative estimate of drug-likeness (QED) is 0.797. The molecule has 0 unspecified atom stereocenters. The predicted molar refractivity (Wildman–Crippen MR) is 97.3 cm³/mol. The second kappa shape index (κ2) is 6.72. The molecule has 0 saturated carbocycles. The summed E-state index contributed by atoms with van der Waals surface area (Å²) in [4.78, 5) is 24.9. The minimum atomic E-state index is 0.136. The fourth-order valence-electron chi connectivity index (χ4n) is 3.59. The van der Waals surface area contributed by atoms with Crippen LogP contribution in [0, 0.1) is 0 Å². The van der Waals surface area contributed by atoms with Crippen molar-refractivity contribution < 1.29 is 4.79 Å². The van der Waals surface area contributed by atoms with Crippen LogP contribution >= 0.6 is 0 Å². The minimum Gasteiger partial charge on any atom is -0.351 e. The first-order valence-corrected chi connectivity index (χ1v) is 8.76. The lowest BCUT2D eigenvalue weighted by molar-refractivity contribution is 0.0763. The third-order valence-corrected chi connectivity index (χ3v) is 4.96. The number of carbonyl (C=O) groups excluding carboxylic acids is 1. The van der Waals surface area contributed by atoms with Crippen molar-refractivity contribution in [3.63, 3.8) is 0 Å². The van der Waals surface area contributed by atoms with E-state index in [0.717, 1.165) is 61.4 Å². The number of imidazole rings is 1. The Morgan fingerprint density at radius 2 is 2.12 bits per heavy atom. The number of benzene rings is 1. The Bertz CT molecular complexity index is 867. The van der Waals surface area contributed by atoms with E-state index in [1.165, 1.54) is 0 Å². The molecular formula is C19H23N5O. The summed E-state index contributed by atoms with van der Waals surface area (Å²) in [5, 5.41) is 1.03. The standard InChI is InChI=1S/C19H23N5O/c1-22-11-6-15-16(4-2-5-17(15)22)19(25)24-10-3-9-23(12-13-24)14-18-20-7-8-21-18/h2,4-8,11H,3,9-10,12-14H2,1H3,(H,20,21). The van der Waals surface area contributed by atoms with Crippen LogP contribution in [0.1, 0.15) is 22.6 Å². The van der Waals surface area contributed by atoms with Crippen LogP contribution in [0.15, 0.2) is 42.9 Å². The molecule has 1 aliphatic rings. The molecule has 1 aromatic carbocycles. The van der Waals surface area contributed by atoms with Gasteiger partial charge in [-0.2, -0.15) is 0 Å². The fraction of sp³-hybridized carbons (Fsp3) is 0.368. The molecular weight excluding hydrogens is 314 g/mol. The van der Waals surface area contributed by atoms with Gasteiger partial charge in [-0.25, -0.2) is 4.98 Å². The number of nitrogens with zero attached hydrogens (tertiary/aromatic N) is 4. The van der Waals surface area contributed by atoms with Gasteiger partial charge in [0.1, 0.15) is 5.82 Å². The average molecular weight is 337 g/mol. The molecule has 1 aliphatic heterocycles. The molecule has 0 aliphatic carbocycles. The number of hydrogen-bond acceptors (Lipinski definition) is 3. The SMILES string of the molecule is Cn1ccc2c(C(=O)N3CCCN(Cc4ncc[nH]4)CC3)cccc21. The van der Waals surface area contributed by atoms with Crippen LogP contribution in [0.5, 0.6) is 0 Å². The first kappa shape index (κ1) is 15.9. The van der Waals surface area contributed by atoms with Crippen molar-refractivity contribution >= 4 is 16.8 Å². The number of carbonyl (C=O) groups is 1. The van der Waals surface area contributed by atoms with Crippen LogP contribution in [0.3, 0.4) is 0 Å². The van der Waals surface area contributed by atoms with Crippen LogP contribution in [-0.4, -0.2) is 56.4 Å². The molecule has 1 amide bonds. The highest BCUT2D eigenvalue weighted by Gasteiger charge is 2.22. The minimum absolute atomic E-state index is 0.136. The zero-order valence-electron chi connectivity index (χ0n) is 14.5. The second-order valence-electron chi connectivity index (χ2n) is 6.62. The Morgan fingerprint density at radius 1 is 1.20 bits per heavy atom. The number of aromatic amines is 1. The monoisotopic (exact) mass is 337 g/mol. The van der Waals surface area contributed by atoms with Crippen LogP contribution < -0.4 is 0 Å². The molecule has 3 heterocycles. The first-order valence-electron chi connectivity index (χ1n) is 8.76. The smallest absolute Gasteiger partial charge is 0.254 e. The molecule has 130 valence electrons. The molecule has 6 nitrogen and oxygen atoms in total. The molecule has 4 rings (SSSR count). The van der Waals surface area contributed by atoms with E-state index in [9.17, 15) is 4.79 Å². The third-order valence-electron chi connectivity index (χ3n) is 4.96. The highest BCUT2D eigenvalue weighted by molar-refractivity contribution is 6.06. The summed E-state index contributed by atoms with van der Waals surface area (Å²) in [5.74, 6) is 1.12. The first-order chi connectivity index (χ1) is 12.2. The van der Waals surface area contributed by atoms with Gasteiger partial charge in [0.2, 0.25) is 0 Å². The van der Waals surface area contributed by atoms with E-state index in [2.05, 4.69) is 25.5 Å². The van der Waals surface area contributed by atoms with Gasteiger partial charge in [-0.1, -0.05) is 6.07 Å². The lowest BCUT2D eigenvalue weighted by Gasteiger charge is -2.22. The normalized spacial score (nSPS) is 16.3. The summed E-state index contributed by atoms with van der Waals surface area (Å²) < 4.78 is 2.06. The number of aromatic nitrogens is 3. The predicted octanol–water partition coefficient (Wildman–Crippen LogP) is 2.25. The van der Waals surface area contributed by atoms with E-state index in [4.69, 9.17) is 0 Å². The number of rotatable bonds is 3. The number of hydrogen-bond donors (Lipinski definition) is 1. The molecule has 1 N–H and O–H groups in total. The van der Waals surface area contributed by atoms with Gasteiger partial charge in [0.15, 0.2) is 0 Å². The van der Waals surface area contributed by atoms with Crippen LogP contribution in [0.25, 0.3) is 10.9 Å². The topological polar surface area (TPSA) is 57.2 Å². The van der Waals surface area contributed by atoms with E-state index >= 15 is 0 Å². The van der Waals surface area contributed by atoms with Crippen molar-refractivity contribution in [1.82, 2.24) is 24.3 Å². The lowest BCUT2D eigenvalue weighted by Crippen LogP contribution is -2.35. The van der Waals surface area contributed by atoms with Gasteiger partial charge in [-0.3, -0.25) is 9.69 Å². The van der Waals surface area contributed by atoms with Gasteiger partial charge in [0.05, 0.1) is 6.54 Å². The van der Waals surface area contributed by atoms with Crippen molar-refractivity contribution in [2.75, 3.05) is 26.2 Å². The van der Waals surface area contributed by atoms with Crippen molar-refractivity contribution in [1.29, 1.82) is 0 Å². The van der Waals surface area contributed by atoms with Gasteiger partial charge in [-0.05, 0) is 24.6 Å². The van der Waals surface area contributed by atoms with Crippen molar-refractivity contribution in [3.05, 3.63) is 54.2 Å². The molecule has 0 radical (unpaired) electrons. The Balaban J connectivity index is 1.49. The van der Waals surface area contributed by atoms with E-state index in [0.29, 0.717) is 0 Å². The lowest BCUT2D eigenvalue weighted by atomic mass is 10.1. The number of fused-ring (bicyclic) bond motifs is 1. The molecule has 25 heavy (non-hydrogen) atoms. The molecule has 1 saturated heterocycles. The van der Waals surface area contributed by atoms with E-state index in [-0.39, 0.29) is 5.91 Å². The summed E-state index contributed by atoms with van der Waals surface area (Å²) >= 11 is 0. The van der Waals surface area contributed by atoms with E-state index in [1.807, 2.05) is 42.5 Å². The van der Waals surface area contributed by atoms with Crippen molar-refractivity contribution in [3.8, 4) is 0 Å². The molecule has 0 atom stereocenters. The maximum atomic E-state index is 13.1. The zero-order valence-corrected chi connectivity index (χ0v) is 14.5. The van der Waals surface area contributed by atoms with Gasteiger partial charge in [0.25, 0.3) is 5.91 Å². The van der Waals surface area contributed by atoms with E-state index < -0.39 is 0 Å². The summed E-state index contributed by atoms with van der Waals surface area (Å²) in [6, 6.07) is 8.00. The number of nitrogens with one attached hydrogen (secondary N) is 1. The fourth-order valence-corrected chi connectivity index (χ4v) is 3.59. The molecule has 1 fully saturated rings. The Morgan fingerprint density at radius 3 is 2.96 bits per heavy atom. The van der Waals surface area contributed by atoms with E-state index in [1.54, 1.807) is 6.20 Å². The molecule has 6 heteroatoms. The van der Waals surface area contributed by atoms with Crippen molar-refractivity contribution in [2.24, 2.45) is 7.05 Å². The van der Waals surface area contributed by atoms with Crippen LogP contribution in [0.2, 0.25) is 0 Å². The third kappa shape index (κ3) is 3.17. The average Bonchev–Trinajstić information content (AvgIpc) is 3.20. The highest BCUT2D eigenvalue weighted by Crippen LogP contribution is 2.21. The molecule has 0 bridgehead atoms. The Kier molecular flexibility index (Phi) is 4.28. The van der Waals surface area contributed by atoms with Gasteiger partial charge < -0.3 is 14.5 Å². The largest absolute Gasteiger partial charge is 0.351 e. The highest BCUT2D eigenvalue weighted by atomic mass is 16.2. The maximum absolute atomic E-state index is 13.1. The Labute approximate surface area is 147 Å². The molecule has 2 aromatic heterocycles. The summed E-state index contributed by atoms with van der Waals surface area (Å²) in [7, 11) is 2.01. The second-order valence-corrected chi connectivity index (χ2v) is 6.62. The van der Waals surface area contributed by atoms with Gasteiger partial charge in [0, 0.05) is 68.3 Å². The van der Waals surface area contributed by atoms with Gasteiger partial charge >= 0.3 is 0 Å². The Hall–Kier alpha value is -2.60. The molecule has 3 aromatic rings. The summed E-state index contributed by atoms with van der Waals surface area (Å²) in [6.07, 6.45) is 6.62. The van der Waals surface area contributed by atoms with Gasteiger partial charge in [-0.15, -0.1) is 0 Å². The summed E-state index contributed by atoms with van der Waals surface area (Å²) in [5.41, 5.74) is 1.90. The van der Waals surface area contributed by atoms with Crippen LogP contribution in [-0.2, 0) is 13.6 Å². The van der Waals surface area contributed by atoms with Crippen LogP contribution in [0.4, 0.5) is 0 Å². The van der Waals surface area contributed by atoms with Crippen molar-refractivity contribution in [2.45, 2.75) is 13.0 Å². The summed E-state index contributed by atoms with van der Waals surface area (Å²) in [6.45, 7) is 4.22.